The molecule has 2 saturated heterocycles. The standard InChI is InChI=1S/C26H30N4O14S/c31-9-15-19(33)17(27-23(37)11-1-5-13(6-2-11)29(39)40)21(35)25(43-15)45-26-22(36)18(20(34)16(10-32)44-26)28-24(38)12-3-7-14(8-4-12)30(41)42/h1-8,15-22,25-26,31-36H,9-10H2,(H,27,37)(H,28,38)/t15?,16?,17-,18?,19-,20-,21?,22+,25-,26-/m0/s1. The number of nitro benzene ring substituents is 2. The molecular formula is C26H30N4O14S. The molecule has 8 N–H and O–H groups in total. The van der Waals surface area contributed by atoms with Crippen molar-refractivity contribution in [3.8, 4) is 0 Å². The van der Waals surface area contributed by atoms with Crippen LogP contribution in [0.5, 0.6) is 0 Å². The van der Waals surface area contributed by atoms with Crippen LogP contribution in [0, 0.1) is 20.2 Å². The van der Waals surface area contributed by atoms with Gasteiger partial charge in [-0.2, -0.15) is 0 Å². The third kappa shape index (κ3) is 7.54. The van der Waals surface area contributed by atoms with Gasteiger partial charge >= 0.3 is 0 Å². The fourth-order valence-corrected chi connectivity index (χ4v) is 6.15. The summed E-state index contributed by atoms with van der Waals surface area (Å²) in [7, 11) is 0. The van der Waals surface area contributed by atoms with Crippen molar-refractivity contribution < 1.29 is 59.5 Å². The quantitative estimate of drug-likeness (QED) is 0.102. The number of non-ortho nitro benzene ring substituents is 2. The summed E-state index contributed by atoms with van der Waals surface area (Å²) in [4.78, 5) is 46.2. The minimum absolute atomic E-state index is 0.0336. The van der Waals surface area contributed by atoms with Gasteiger partial charge in [0.05, 0.1) is 35.1 Å². The Labute approximate surface area is 257 Å². The summed E-state index contributed by atoms with van der Waals surface area (Å²) >= 11 is 0.622. The van der Waals surface area contributed by atoms with Crippen molar-refractivity contribution in [3.05, 3.63) is 79.9 Å². The van der Waals surface area contributed by atoms with Gasteiger partial charge in [-0.3, -0.25) is 29.8 Å². The monoisotopic (exact) mass is 654 g/mol. The summed E-state index contributed by atoms with van der Waals surface area (Å²) in [5.41, 5.74) is -3.40. The van der Waals surface area contributed by atoms with Gasteiger partial charge in [0.2, 0.25) is 0 Å². The van der Waals surface area contributed by atoms with Gasteiger partial charge in [0.25, 0.3) is 23.2 Å². The van der Waals surface area contributed by atoms with E-state index in [1.54, 1.807) is 0 Å². The summed E-state index contributed by atoms with van der Waals surface area (Å²) < 4.78 is 11.2. The maximum absolute atomic E-state index is 12.9. The zero-order valence-corrected chi connectivity index (χ0v) is 23.9. The van der Waals surface area contributed by atoms with Crippen LogP contribution in [-0.4, -0.2) is 125 Å². The Kier molecular flexibility index (Phi) is 11.0. The van der Waals surface area contributed by atoms with Crippen molar-refractivity contribution in [2.45, 2.75) is 59.6 Å². The number of rotatable bonds is 10. The molecule has 0 bridgehead atoms. The minimum atomic E-state index is -1.70. The predicted octanol–water partition coefficient (Wildman–Crippen LogP) is -1.99. The fraction of sp³-hybridized carbons (Fsp3) is 0.462. The van der Waals surface area contributed by atoms with E-state index in [0.29, 0.717) is 11.8 Å². The van der Waals surface area contributed by atoms with E-state index in [1.165, 1.54) is 24.3 Å². The zero-order valence-electron chi connectivity index (χ0n) is 23.1. The Morgan fingerprint density at radius 1 is 0.667 bits per heavy atom. The highest BCUT2D eigenvalue weighted by Crippen LogP contribution is 2.37. The van der Waals surface area contributed by atoms with Gasteiger partial charge in [-0.1, -0.05) is 11.8 Å². The Balaban J connectivity index is 1.50. The number of aliphatic hydroxyl groups excluding tert-OH is 6. The molecule has 0 saturated carbocycles. The van der Waals surface area contributed by atoms with Crippen molar-refractivity contribution in [1.82, 2.24) is 10.6 Å². The first kappa shape index (κ1) is 34.1. The lowest BCUT2D eigenvalue weighted by atomic mass is 9.96. The van der Waals surface area contributed by atoms with Crippen LogP contribution in [0.25, 0.3) is 0 Å². The summed E-state index contributed by atoms with van der Waals surface area (Å²) in [6.45, 7) is -1.51. The average Bonchev–Trinajstić information content (AvgIpc) is 3.03. The molecule has 2 aromatic rings. The highest BCUT2D eigenvalue weighted by atomic mass is 32.2. The first-order valence-electron chi connectivity index (χ1n) is 13.4. The van der Waals surface area contributed by atoms with Gasteiger partial charge in [-0.05, 0) is 24.3 Å². The number of thioether (sulfide) groups is 1. The average molecular weight is 655 g/mol. The van der Waals surface area contributed by atoms with Crippen LogP contribution >= 0.6 is 11.8 Å². The molecule has 0 aliphatic carbocycles. The van der Waals surface area contributed by atoms with Crippen molar-refractivity contribution in [3.63, 3.8) is 0 Å². The van der Waals surface area contributed by atoms with E-state index in [0.717, 1.165) is 24.3 Å². The second kappa shape index (κ2) is 14.5. The van der Waals surface area contributed by atoms with Crippen LogP contribution in [0.15, 0.2) is 48.5 Å². The van der Waals surface area contributed by atoms with Crippen molar-refractivity contribution in [2.75, 3.05) is 13.2 Å². The number of carbonyl (C=O) groups excluding carboxylic acids is 2. The molecule has 2 aliphatic heterocycles. The van der Waals surface area contributed by atoms with Gasteiger partial charge < -0.3 is 50.7 Å². The molecule has 0 aromatic heterocycles. The third-order valence-electron chi connectivity index (χ3n) is 7.31. The van der Waals surface area contributed by atoms with Crippen molar-refractivity contribution >= 4 is 35.0 Å². The molecule has 0 radical (unpaired) electrons. The largest absolute Gasteiger partial charge is 0.394 e. The number of benzene rings is 2. The van der Waals surface area contributed by atoms with Gasteiger partial charge in [-0.25, -0.2) is 0 Å². The molecule has 2 aliphatic rings. The van der Waals surface area contributed by atoms with Crippen LogP contribution in [-0.2, 0) is 9.47 Å². The number of ether oxygens (including phenoxy) is 2. The second-order valence-electron chi connectivity index (χ2n) is 10.2. The topological polar surface area (TPSA) is 284 Å². The molecule has 45 heavy (non-hydrogen) atoms. The lowest BCUT2D eigenvalue weighted by molar-refractivity contribution is -0.385. The molecule has 18 nitrogen and oxygen atoms in total. The molecule has 10 atom stereocenters. The molecule has 4 rings (SSSR count). The van der Waals surface area contributed by atoms with Gasteiger partial charge in [0.1, 0.15) is 47.5 Å². The molecular weight excluding hydrogens is 624 g/mol. The number of nitro groups is 2. The first-order valence-corrected chi connectivity index (χ1v) is 14.3. The Hall–Kier alpha value is -3.79. The van der Waals surface area contributed by atoms with Crippen LogP contribution in [0.1, 0.15) is 20.7 Å². The van der Waals surface area contributed by atoms with Gasteiger partial charge in [0.15, 0.2) is 0 Å². The molecule has 2 fully saturated rings. The maximum atomic E-state index is 12.9. The van der Waals surface area contributed by atoms with Crippen LogP contribution in [0.4, 0.5) is 11.4 Å². The Bertz CT molecular complexity index is 1280. The lowest BCUT2D eigenvalue weighted by Crippen LogP contribution is -2.66. The highest BCUT2D eigenvalue weighted by Gasteiger charge is 2.50. The fourth-order valence-electron chi connectivity index (χ4n) is 4.81. The number of amides is 2. The summed E-state index contributed by atoms with van der Waals surface area (Å²) in [6, 6.07) is 6.12. The molecule has 19 heteroatoms. The summed E-state index contributed by atoms with van der Waals surface area (Å²) in [6.07, 6.45) is -9.32. The van der Waals surface area contributed by atoms with Crippen molar-refractivity contribution in [2.24, 2.45) is 0 Å². The van der Waals surface area contributed by atoms with E-state index in [2.05, 4.69) is 10.6 Å². The van der Waals surface area contributed by atoms with Gasteiger partial charge in [-0.15, -0.1) is 0 Å². The van der Waals surface area contributed by atoms with E-state index in [9.17, 15) is 60.5 Å². The molecule has 244 valence electrons. The highest BCUT2D eigenvalue weighted by molar-refractivity contribution is 8.00. The van der Waals surface area contributed by atoms with E-state index >= 15 is 0 Å². The molecule has 2 amide bonds. The van der Waals surface area contributed by atoms with E-state index < -0.39 is 94.5 Å². The summed E-state index contributed by atoms with van der Waals surface area (Å²) in [5, 5.41) is 89.9. The Morgan fingerprint density at radius 2 is 1.00 bits per heavy atom. The van der Waals surface area contributed by atoms with Crippen LogP contribution in [0.3, 0.4) is 0 Å². The van der Waals surface area contributed by atoms with Crippen molar-refractivity contribution in [1.29, 1.82) is 0 Å². The SMILES string of the molecule is O=C(NC1[C@@H](O)C(CO)O[C@@H](S[C@@H]2OC(CO)[C@H](O)[C@H](NC(=O)c3ccc([N+](=O)[O-])cc3)C2O)[C@@H]1O)c1ccc([N+](=O)[O-])cc1. The zero-order chi connectivity index (χ0) is 33.0. The minimum Gasteiger partial charge on any atom is -0.394 e. The number of aliphatic hydroxyl groups is 6. The first-order chi connectivity index (χ1) is 21.4. The summed E-state index contributed by atoms with van der Waals surface area (Å²) in [5.74, 6) is -1.64. The van der Waals surface area contributed by atoms with Gasteiger partial charge in [0, 0.05) is 35.4 Å². The normalized spacial score (nSPS) is 31.5. The smallest absolute Gasteiger partial charge is 0.269 e. The van der Waals surface area contributed by atoms with E-state index in [4.69, 9.17) is 9.47 Å². The van der Waals surface area contributed by atoms with E-state index in [-0.39, 0.29) is 22.5 Å². The Morgan fingerprint density at radius 3 is 1.29 bits per heavy atom. The van der Waals surface area contributed by atoms with E-state index in [1.807, 2.05) is 0 Å². The molecule has 2 heterocycles. The lowest BCUT2D eigenvalue weighted by Gasteiger charge is -2.46. The number of nitrogens with zero attached hydrogens (tertiary/aromatic N) is 2. The maximum Gasteiger partial charge on any atom is 0.269 e. The number of nitrogens with one attached hydrogen (secondary N) is 2. The third-order valence-corrected chi connectivity index (χ3v) is 8.63. The number of hydrogen-bond donors (Lipinski definition) is 8. The number of hydrogen-bond acceptors (Lipinski definition) is 15. The molecule has 4 unspecified atom stereocenters. The molecule has 2 aromatic carbocycles. The molecule has 0 spiro atoms. The second-order valence-corrected chi connectivity index (χ2v) is 11.4. The number of carbonyl (C=O) groups is 2. The van der Waals surface area contributed by atoms with Crippen LogP contribution in [0.2, 0.25) is 0 Å². The van der Waals surface area contributed by atoms with Crippen LogP contribution < -0.4 is 10.6 Å². The predicted molar refractivity (Wildman–Crippen MR) is 152 cm³/mol.